The summed E-state index contributed by atoms with van der Waals surface area (Å²) in [5.74, 6) is -1.09. The molecule has 2 aromatic rings. The summed E-state index contributed by atoms with van der Waals surface area (Å²) in [5, 5.41) is 45.6. The zero-order valence-corrected chi connectivity index (χ0v) is 24.1. The van der Waals surface area contributed by atoms with Crippen molar-refractivity contribution in [2.75, 3.05) is 50.2 Å². The van der Waals surface area contributed by atoms with Crippen LogP contribution in [0.2, 0.25) is 0 Å². The van der Waals surface area contributed by atoms with Crippen LogP contribution in [0.3, 0.4) is 0 Å². The Balaban J connectivity index is 1.73. The Bertz CT molecular complexity index is 1520. The number of carbonyl (C=O) groups excluding carboxylic acids is 2. The third-order valence-electron chi connectivity index (χ3n) is 6.26. The molecular weight excluding hydrogens is 560 g/mol. The fraction of sp³-hybridized carbons (Fsp3) is 0.250. The van der Waals surface area contributed by atoms with Gasteiger partial charge in [0.2, 0.25) is 0 Å². The van der Waals surface area contributed by atoms with Gasteiger partial charge in [0.25, 0.3) is 5.70 Å². The molecular formula is C32H26N8O4. The standard InChI is InChI=1S/C32H26N8O4/c1-38-30(22-37)29(21-36)24-6-10-27(11-7-24)40(3)15-17-44-32(42)13-12-31(41)43-16-14-39(2)26-8-4-23(5-9-26)28(20-35)25(18-33)19-34/h4-11H,12-17H2,2-3H3/b30-29+. The number of nitriles is 5. The minimum absolute atomic E-state index is 0.000244. The predicted octanol–water partition coefficient (Wildman–Crippen LogP) is 4.13. The van der Waals surface area contributed by atoms with Crippen LogP contribution in [0, 0.1) is 63.2 Å². The minimum atomic E-state index is -0.546. The fourth-order valence-corrected chi connectivity index (χ4v) is 3.76. The van der Waals surface area contributed by atoms with Gasteiger partial charge in [0, 0.05) is 25.5 Å². The number of ether oxygens (including phenoxy) is 2. The summed E-state index contributed by atoms with van der Waals surface area (Å²) in [6.07, 6.45) is -0.274. The van der Waals surface area contributed by atoms with Crippen molar-refractivity contribution in [1.29, 1.82) is 26.3 Å². The number of anilines is 2. The predicted molar refractivity (Wildman–Crippen MR) is 159 cm³/mol. The van der Waals surface area contributed by atoms with Crippen LogP contribution < -0.4 is 9.80 Å². The molecule has 0 heterocycles. The van der Waals surface area contributed by atoms with Gasteiger partial charge in [-0.25, -0.2) is 10.1 Å². The molecule has 218 valence electrons. The Labute approximate surface area is 255 Å². The van der Waals surface area contributed by atoms with Gasteiger partial charge in [-0.2, -0.15) is 21.0 Å². The number of esters is 2. The quantitative estimate of drug-likeness (QED) is 0.187. The molecule has 0 radical (unpaired) electrons. The topological polar surface area (TPSA) is 182 Å². The third kappa shape index (κ3) is 9.50. The second kappa shape index (κ2) is 17.3. The molecule has 0 saturated carbocycles. The van der Waals surface area contributed by atoms with Crippen LogP contribution in [-0.2, 0) is 19.1 Å². The molecule has 0 aliphatic carbocycles. The van der Waals surface area contributed by atoms with Crippen molar-refractivity contribution in [3.63, 3.8) is 0 Å². The highest BCUT2D eigenvalue weighted by atomic mass is 16.5. The SMILES string of the molecule is [C-]#[N+]/C(C#N)=C(\C#N)c1ccc(N(C)CCOC(=O)CCC(=O)OCCN(C)c2ccc(C(C#N)=C(C#N)C#N)cc2)cc1. The normalized spacial score (nSPS) is 10.1. The lowest BCUT2D eigenvalue weighted by Crippen LogP contribution is -2.25. The average Bonchev–Trinajstić information content (AvgIpc) is 3.05. The Hall–Kier alpha value is -6.60. The first-order valence-electron chi connectivity index (χ1n) is 13.0. The van der Waals surface area contributed by atoms with Gasteiger partial charge in [0.1, 0.15) is 37.0 Å². The molecule has 0 aliphatic heterocycles. The van der Waals surface area contributed by atoms with Gasteiger partial charge in [-0.15, -0.1) is 0 Å². The smallest absolute Gasteiger partial charge is 0.306 e. The molecule has 0 fully saturated rings. The maximum absolute atomic E-state index is 12.1. The Kier molecular flexibility index (Phi) is 13.2. The first kappa shape index (κ1) is 33.6. The Morgan fingerprint density at radius 3 is 1.43 bits per heavy atom. The first-order chi connectivity index (χ1) is 21.2. The van der Waals surface area contributed by atoms with E-state index in [-0.39, 0.29) is 48.5 Å². The van der Waals surface area contributed by atoms with Crippen molar-refractivity contribution in [3.05, 3.63) is 82.3 Å². The summed E-state index contributed by atoms with van der Waals surface area (Å²) in [5.41, 5.74) is 1.88. The highest BCUT2D eigenvalue weighted by Gasteiger charge is 2.13. The first-order valence-corrected chi connectivity index (χ1v) is 13.0. The number of rotatable bonds is 13. The molecule has 0 aliphatic rings. The highest BCUT2D eigenvalue weighted by molar-refractivity contribution is 5.85. The highest BCUT2D eigenvalue weighted by Crippen LogP contribution is 2.23. The molecule has 0 N–H and O–H groups in total. The molecule has 0 unspecified atom stereocenters. The van der Waals surface area contributed by atoms with E-state index < -0.39 is 11.9 Å². The van der Waals surface area contributed by atoms with E-state index in [9.17, 15) is 20.1 Å². The molecule has 44 heavy (non-hydrogen) atoms. The second-order valence-corrected chi connectivity index (χ2v) is 9.02. The largest absolute Gasteiger partial charge is 0.464 e. The average molecular weight is 587 g/mol. The van der Waals surface area contributed by atoms with E-state index in [0.29, 0.717) is 24.2 Å². The zero-order valence-electron chi connectivity index (χ0n) is 24.1. The van der Waals surface area contributed by atoms with Crippen LogP contribution in [0.4, 0.5) is 11.4 Å². The maximum Gasteiger partial charge on any atom is 0.306 e. The van der Waals surface area contributed by atoms with Crippen LogP contribution in [0.25, 0.3) is 16.0 Å². The number of benzene rings is 2. The van der Waals surface area contributed by atoms with E-state index in [2.05, 4.69) is 4.85 Å². The summed E-state index contributed by atoms with van der Waals surface area (Å²) in [6, 6.07) is 22.3. The van der Waals surface area contributed by atoms with Gasteiger partial charge in [-0.05, 0) is 35.4 Å². The van der Waals surface area contributed by atoms with Crippen LogP contribution in [0.5, 0.6) is 0 Å². The molecule has 0 bridgehead atoms. The van der Waals surface area contributed by atoms with Crippen LogP contribution in [-0.4, -0.2) is 52.3 Å². The Morgan fingerprint density at radius 2 is 1.09 bits per heavy atom. The van der Waals surface area contributed by atoms with E-state index >= 15 is 0 Å². The van der Waals surface area contributed by atoms with E-state index in [1.54, 1.807) is 80.8 Å². The molecule has 0 amide bonds. The molecule has 0 spiro atoms. The van der Waals surface area contributed by atoms with E-state index in [4.69, 9.17) is 31.8 Å². The van der Waals surface area contributed by atoms with Crippen molar-refractivity contribution >= 4 is 34.5 Å². The lowest BCUT2D eigenvalue weighted by atomic mass is 10.0. The summed E-state index contributed by atoms with van der Waals surface area (Å²) in [6.45, 7) is 7.90. The summed E-state index contributed by atoms with van der Waals surface area (Å²) in [7, 11) is 3.57. The van der Waals surface area contributed by atoms with Gasteiger partial charge in [-0.3, -0.25) is 9.59 Å². The van der Waals surface area contributed by atoms with Gasteiger partial charge in [0.15, 0.2) is 0 Å². The lowest BCUT2D eigenvalue weighted by Gasteiger charge is -2.20. The summed E-state index contributed by atoms with van der Waals surface area (Å²) < 4.78 is 10.4. The van der Waals surface area contributed by atoms with Crippen LogP contribution in [0.15, 0.2) is 59.8 Å². The number of carbonyl (C=O) groups is 2. The minimum Gasteiger partial charge on any atom is -0.464 e. The van der Waals surface area contributed by atoms with Crippen molar-refractivity contribution in [3.8, 4) is 30.3 Å². The van der Waals surface area contributed by atoms with Gasteiger partial charge >= 0.3 is 11.9 Å². The molecule has 2 rings (SSSR count). The molecule has 2 aromatic carbocycles. The van der Waals surface area contributed by atoms with Crippen molar-refractivity contribution < 1.29 is 19.1 Å². The van der Waals surface area contributed by atoms with Gasteiger partial charge < -0.3 is 19.3 Å². The number of allylic oxidation sites excluding steroid dienone is 4. The van der Waals surface area contributed by atoms with Crippen molar-refractivity contribution in [2.45, 2.75) is 12.8 Å². The lowest BCUT2D eigenvalue weighted by molar-refractivity contribution is -0.150. The molecule has 0 atom stereocenters. The van der Waals surface area contributed by atoms with Crippen molar-refractivity contribution in [2.24, 2.45) is 0 Å². The van der Waals surface area contributed by atoms with E-state index in [1.165, 1.54) is 0 Å². The maximum atomic E-state index is 12.1. The summed E-state index contributed by atoms with van der Waals surface area (Å²) in [4.78, 5) is 30.9. The van der Waals surface area contributed by atoms with Gasteiger partial charge in [-0.1, -0.05) is 24.3 Å². The van der Waals surface area contributed by atoms with Crippen LogP contribution in [0.1, 0.15) is 24.0 Å². The summed E-state index contributed by atoms with van der Waals surface area (Å²) >= 11 is 0. The molecule has 12 nitrogen and oxygen atoms in total. The molecule has 0 saturated heterocycles. The number of hydrogen-bond donors (Lipinski definition) is 0. The third-order valence-corrected chi connectivity index (χ3v) is 6.26. The van der Waals surface area contributed by atoms with Crippen LogP contribution >= 0.6 is 0 Å². The number of likely N-dealkylation sites (N-methyl/N-ethyl adjacent to an activating group) is 2. The monoisotopic (exact) mass is 586 g/mol. The Morgan fingerprint density at radius 1 is 0.682 bits per heavy atom. The molecule has 0 aromatic heterocycles. The van der Waals surface area contributed by atoms with E-state index in [1.807, 2.05) is 21.9 Å². The van der Waals surface area contributed by atoms with E-state index in [0.717, 1.165) is 11.4 Å². The number of nitrogens with zero attached hydrogens (tertiary/aromatic N) is 8. The fourth-order valence-electron chi connectivity index (χ4n) is 3.76. The zero-order chi connectivity index (χ0) is 32.5. The number of hydrogen-bond acceptors (Lipinski definition) is 11. The van der Waals surface area contributed by atoms with Crippen molar-refractivity contribution in [1.82, 2.24) is 0 Å². The van der Waals surface area contributed by atoms with Gasteiger partial charge in [0.05, 0.1) is 55.8 Å². The second-order valence-electron chi connectivity index (χ2n) is 9.02. The molecule has 12 heteroatoms.